The van der Waals surface area contributed by atoms with Crippen molar-refractivity contribution < 1.29 is 18.0 Å². The van der Waals surface area contributed by atoms with Crippen molar-refractivity contribution in [2.75, 3.05) is 12.3 Å². The second-order valence-electron chi connectivity index (χ2n) is 6.12. The van der Waals surface area contributed by atoms with Gasteiger partial charge in [0, 0.05) is 6.54 Å². The highest BCUT2D eigenvalue weighted by Gasteiger charge is 2.47. The molecule has 3 aliphatic rings. The number of hydrogen-bond donors (Lipinski definition) is 1. The second-order valence-corrected chi connectivity index (χ2v) is 8.52. The van der Waals surface area contributed by atoms with E-state index in [9.17, 15) is 18.0 Å². The van der Waals surface area contributed by atoms with Crippen LogP contribution in [0.3, 0.4) is 0 Å². The molecule has 0 aromatic rings. The lowest BCUT2D eigenvalue weighted by atomic mass is 10.0. The minimum Gasteiger partial charge on any atom is -0.342 e. The lowest BCUT2D eigenvalue weighted by molar-refractivity contribution is -0.149. The third kappa shape index (κ3) is 2.32. The van der Waals surface area contributed by atoms with Gasteiger partial charge in [0.2, 0.25) is 11.8 Å². The summed E-state index contributed by atoms with van der Waals surface area (Å²) in [6.07, 6.45) is 3.16. The standard InChI is InChI=1S/C13H20N2O4S/c1-8-12(16)14-11(9-4-5-9)13(17)15(8)7-10-3-2-6-20(10,18)19/h8-11H,2-7H2,1H3,(H,14,16). The predicted octanol–water partition coefficient (Wildman–Crippen LogP) is -0.311. The molecule has 3 unspecified atom stereocenters. The average molecular weight is 300 g/mol. The molecule has 2 amide bonds. The van der Waals surface area contributed by atoms with Crippen LogP contribution in [-0.4, -0.2) is 54.8 Å². The molecular formula is C13H20N2O4S. The fourth-order valence-corrected chi connectivity index (χ4v) is 4.94. The molecule has 2 heterocycles. The fraction of sp³-hybridized carbons (Fsp3) is 0.846. The zero-order valence-corrected chi connectivity index (χ0v) is 12.4. The summed E-state index contributed by atoms with van der Waals surface area (Å²) in [5, 5.41) is 2.27. The number of sulfone groups is 1. The molecule has 1 aliphatic carbocycles. The highest BCUT2D eigenvalue weighted by atomic mass is 32.2. The van der Waals surface area contributed by atoms with Crippen LogP contribution in [0.5, 0.6) is 0 Å². The van der Waals surface area contributed by atoms with E-state index in [2.05, 4.69) is 5.32 Å². The Morgan fingerprint density at radius 1 is 1.25 bits per heavy atom. The first-order valence-corrected chi connectivity index (χ1v) is 8.94. The van der Waals surface area contributed by atoms with Gasteiger partial charge in [-0.1, -0.05) is 0 Å². The van der Waals surface area contributed by atoms with Crippen molar-refractivity contribution in [1.82, 2.24) is 10.2 Å². The summed E-state index contributed by atoms with van der Waals surface area (Å²) in [4.78, 5) is 25.9. The predicted molar refractivity (Wildman–Crippen MR) is 72.6 cm³/mol. The number of rotatable bonds is 3. The van der Waals surface area contributed by atoms with Crippen molar-refractivity contribution in [3.8, 4) is 0 Å². The molecule has 3 atom stereocenters. The Morgan fingerprint density at radius 3 is 2.50 bits per heavy atom. The van der Waals surface area contributed by atoms with Crippen LogP contribution >= 0.6 is 0 Å². The van der Waals surface area contributed by atoms with Gasteiger partial charge in [-0.15, -0.1) is 0 Å². The van der Waals surface area contributed by atoms with Gasteiger partial charge in [0.15, 0.2) is 9.84 Å². The molecule has 20 heavy (non-hydrogen) atoms. The molecule has 0 aromatic heterocycles. The smallest absolute Gasteiger partial charge is 0.246 e. The normalized spacial score (nSPS) is 37.0. The van der Waals surface area contributed by atoms with Crippen molar-refractivity contribution >= 4 is 21.7 Å². The minimum absolute atomic E-state index is 0.110. The quantitative estimate of drug-likeness (QED) is 0.775. The summed E-state index contributed by atoms with van der Waals surface area (Å²) in [7, 11) is -3.10. The molecule has 7 heteroatoms. The number of nitrogens with zero attached hydrogens (tertiary/aromatic N) is 1. The lowest BCUT2D eigenvalue weighted by Crippen LogP contribution is -2.64. The van der Waals surface area contributed by atoms with Crippen LogP contribution in [0.2, 0.25) is 0 Å². The monoisotopic (exact) mass is 300 g/mol. The van der Waals surface area contributed by atoms with Gasteiger partial charge in [-0.05, 0) is 38.5 Å². The highest BCUT2D eigenvalue weighted by molar-refractivity contribution is 7.92. The molecule has 1 saturated carbocycles. The van der Waals surface area contributed by atoms with Crippen LogP contribution in [0, 0.1) is 5.92 Å². The van der Waals surface area contributed by atoms with E-state index >= 15 is 0 Å². The highest BCUT2D eigenvalue weighted by Crippen LogP contribution is 2.35. The van der Waals surface area contributed by atoms with Gasteiger partial charge < -0.3 is 10.2 Å². The lowest BCUT2D eigenvalue weighted by Gasteiger charge is -2.38. The van der Waals surface area contributed by atoms with Crippen LogP contribution in [0.1, 0.15) is 32.6 Å². The van der Waals surface area contributed by atoms with Gasteiger partial charge in [-0.2, -0.15) is 0 Å². The van der Waals surface area contributed by atoms with E-state index in [-0.39, 0.29) is 30.0 Å². The third-order valence-corrected chi connectivity index (χ3v) is 6.91. The Morgan fingerprint density at radius 2 is 1.95 bits per heavy atom. The third-order valence-electron chi connectivity index (χ3n) is 4.65. The summed E-state index contributed by atoms with van der Waals surface area (Å²) in [6.45, 7) is 1.83. The van der Waals surface area contributed by atoms with Gasteiger partial charge in [-0.25, -0.2) is 8.42 Å². The van der Waals surface area contributed by atoms with E-state index in [4.69, 9.17) is 0 Å². The SMILES string of the molecule is CC1C(=O)NC(C2CC2)C(=O)N1CC1CCCS1(=O)=O. The van der Waals surface area contributed by atoms with Crippen LogP contribution in [-0.2, 0) is 19.4 Å². The Hall–Kier alpha value is -1.11. The largest absolute Gasteiger partial charge is 0.342 e. The Labute approximate surface area is 118 Å². The van der Waals surface area contributed by atoms with E-state index in [1.165, 1.54) is 4.90 Å². The molecule has 0 spiro atoms. The molecular weight excluding hydrogens is 280 g/mol. The van der Waals surface area contributed by atoms with Crippen molar-refractivity contribution in [1.29, 1.82) is 0 Å². The van der Waals surface area contributed by atoms with Gasteiger partial charge in [0.25, 0.3) is 0 Å². The number of nitrogens with one attached hydrogen (secondary N) is 1. The summed E-state index contributed by atoms with van der Waals surface area (Å²) in [5.41, 5.74) is 0. The molecule has 0 aromatic carbocycles. The maximum absolute atomic E-state index is 12.5. The minimum atomic E-state index is -3.10. The topological polar surface area (TPSA) is 83.6 Å². The molecule has 2 saturated heterocycles. The van der Waals surface area contributed by atoms with E-state index in [1.807, 2.05) is 0 Å². The van der Waals surface area contributed by atoms with Crippen LogP contribution in [0.4, 0.5) is 0 Å². The summed E-state index contributed by atoms with van der Waals surface area (Å²) in [6, 6.07) is -1.02. The maximum atomic E-state index is 12.5. The first kappa shape index (κ1) is 13.9. The van der Waals surface area contributed by atoms with Gasteiger partial charge in [0.05, 0.1) is 11.0 Å². The van der Waals surface area contributed by atoms with Crippen molar-refractivity contribution in [3.05, 3.63) is 0 Å². The number of carbonyl (C=O) groups excluding carboxylic acids is 2. The van der Waals surface area contributed by atoms with E-state index in [1.54, 1.807) is 6.92 Å². The molecule has 1 N–H and O–H groups in total. The van der Waals surface area contributed by atoms with Crippen molar-refractivity contribution in [3.63, 3.8) is 0 Å². The second kappa shape index (κ2) is 4.72. The summed E-state index contributed by atoms with van der Waals surface area (Å²) in [5.74, 6) is 0.159. The Balaban J connectivity index is 1.78. The average Bonchev–Trinajstić information content (AvgIpc) is 3.15. The number of amides is 2. The first-order chi connectivity index (χ1) is 9.40. The zero-order chi connectivity index (χ0) is 14.5. The van der Waals surface area contributed by atoms with Crippen molar-refractivity contribution in [2.45, 2.75) is 49.9 Å². The fourth-order valence-electron chi connectivity index (χ4n) is 3.13. The number of carbonyl (C=O) groups is 2. The molecule has 3 rings (SSSR count). The molecule has 112 valence electrons. The van der Waals surface area contributed by atoms with Gasteiger partial charge in [-0.3, -0.25) is 9.59 Å². The maximum Gasteiger partial charge on any atom is 0.246 e. The molecule has 0 bridgehead atoms. The molecule has 6 nitrogen and oxygen atoms in total. The van der Waals surface area contributed by atoms with Crippen LogP contribution in [0.25, 0.3) is 0 Å². The van der Waals surface area contributed by atoms with Crippen molar-refractivity contribution in [2.24, 2.45) is 5.92 Å². The van der Waals surface area contributed by atoms with E-state index < -0.39 is 27.2 Å². The number of piperazine rings is 1. The summed E-state index contributed by atoms with van der Waals surface area (Å²) < 4.78 is 23.8. The molecule has 3 fully saturated rings. The van der Waals surface area contributed by atoms with E-state index in [0.717, 1.165) is 12.8 Å². The van der Waals surface area contributed by atoms with Gasteiger partial charge in [0.1, 0.15) is 12.1 Å². The first-order valence-electron chi connectivity index (χ1n) is 7.22. The summed E-state index contributed by atoms with van der Waals surface area (Å²) >= 11 is 0. The Kier molecular flexibility index (Phi) is 3.27. The zero-order valence-electron chi connectivity index (χ0n) is 11.5. The molecule has 2 aliphatic heterocycles. The number of hydrogen-bond acceptors (Lipinski definition) is 4. The Bertz CT molecular complexity index is 541. The van der Waals surface area contributed by atoms with Crippen LogP contribution in [0.15, 0.2) is 0 Å². The van der Waals surface area contributed by atoms with E-state index in [0.29, 0.717) is 12.8 Å². The van der Waals surface area contributed by atoms with Gasteiger partial charge >= 0.3 is 0 Å². The molecule has 0 radical (unpaired) electrons. The van der Waals surface area contributed by atoms with Crippen LogP contribution < -0.4 is 5.32 Å².